The van der Waals surface area contributed by atoms with Gasteiger partial charge in [0, 0.05) is 5.56 Å². The maximum Gasteiger partial charge on any atom is 0.346 e. The van der Waals surface area contributed by atoms with Gasteiger partial charge in [-0.05, 0) is 36.4 Å². The van der Waals surface area contributed by atoms with E-state index in [9.17, 15) is 9.59 Å². The van der Waals surface area contributed by atoms with E-state index in [0.29, 0.717) is 17.6 Å². The van der Waals surface area contributed by atoms with Crippen molar-refractivity contribution in [2.75, 3.05) is 0 Å². The first-order chi connectivity index (χ1) is 9.11. The topological polar surface area (TPSA) is 43.4 Å². The van der Waals surface area contributed by atoms with Gasteiger partial charge in [0.25, 0.3) is 0 Å². The number of carbonyl (C=O) groups is 2. The molecule has 0 fully saturated rings. The van der Waals surface area contributed by atoms with Crippen molar-refractivity contribution in [2.45, 2.75) is 0 Å². The van der Waals surface area contributed by atoms with Gasteiger partial charge < -0.3 is 4.74 Å². The molecular weight excluding hydrogens is 287 g/mol. The summed E-state index contributed by atoms with van der Waals surface area (Å²) in [5.74, 6) is -0.332. The van der Waals surface area contributed by atoms with Crippen LogP contribution in [0.15, 0.2) is 42.5 Å². The first-order valence-electron chi connectivity index (χ1n) is 5.33. The Morgan fingerprint density at radius 1 is 1.00 bits per heavy atom. The SMILES string of the molecule is O=Cc1ccc(OC(=O)c2c(Cl)cccc2Cl)cc1. The number of ether oxygens (including phenoxy) is 1. The number of aldehydes is 1. The molecule has 5 heteroatoms. The summed E-state index contributed by atoms with van der Waals surface area (Å²) in [5.41, 5.74) is 0.612. The highest BCUT2D eigenvalue weighted by atomic mass is 35.5. The molecule has 0 aliphatic carbocycles. The van der Waals surface area contributed by atoms with Gasteiger partial charge in [-0.2, -0.15) is 0 Å². The fourth-order valence-corrected chi connectivity index (χ4v) is 2.02. The van der Waals surface area contributed by atoms with Crippen LogP contribution in [-0.2, 0) is 0 Å². The van der Waals surface area contributed by atoms with Gasteiger partial charge >= 0.3 is 5.97 Å². The lowest BCUT2D eigenvalue weighted by Gasteiger charge is -2.07. The molecule has 0 aliphatic heterocycles. The van der Waals surface area contributed by atoms with E-state index in [1.807, 2.05) is 0 Å². The normalized spacial score (nSPS) is 10.0. The lowest BCUT2D eigenvalue weighted by molar-refractivity contribution is 0.0735. The van der Waals surface area contributed by atoms with Crippen LogP contribution in [0.5, 0.6) is 5.75 Å². The standard InChI is InChI=1S/C14H8Cl2O3/c15-11-2-1-3-12(16)13(11)14(18)19-10-6-4-9(8-17)5-7-10/h1-8H. The van der Waals surface area contributed by atoms with Gasteiger partial charge in [0.2, 0.25) is 0 Å². The van der Waals surface area contributed by atoms with E-state index in [-0.39, 0.29) is 15.6 Å². The molecule has 3 nitrogen and oxygen atoms in total. The van der Waals surface area contributed by atoms with E-state index >= 15 is 0 Å². The van der Waals surface area contributed by atoms with E-state index in [2.05, 4.69) is 0 Å². The third-order valence-electron chi connectivity index (χ3n) is 2.39. The summed E-state index contributed by atoms with van der Waals surface area (Å²) in [6.45, 7) is 0. The molecule has 2 aromatic carbocycles. The highest BCUT2D eigenvalue weighted by molar-refractivity contribution is 6.39. The van der Waals surface area contributed by atoms with Gasteiger partial charge in [-0.3, -0.25) is 4.79 Å². The molecule has 0 amide bonds. The second kappa shape index (κ2) is 5.87. The second-order valence-electron chi connectivity index (χ2n) is 3.67. The van der Waals surface area contributed by atoms with Crippen LogP contribution in [0, 0.1) is 0 Å². The van der Waals surface area contributed by atoms with Crippen molar-refractivity contribution < 1.29 is 14.3 Å². The predicted octanol–water partition coefficient (Wildman–Crippen LogP) is 4.03. The van der Waals surface area contributed by atoms with Crippen molar-refractivity contribution in [3.05, 3.63) is 63.6 Å². The molecule has 19 heavy (non-hydrogen) atoms. The van der Waals surface area contributed by atoms with Gasteiger partial charge in [-0.15, -0.1) is 0 Å². The highest BCUT2D eigenvalue weighted by Gasteiger charge is 2.16. The summed E-state index contributed by atoms with van der Waals surface area (Å²) in [5, 5.41) is 0.448. The maximum atomic E-state index is 11.9. The van der Waals surface area contributed by atoms with Crippen molar-refractivity contribution in [1.82, 2.24) is 0 Å². The molecule has 0 saturated heterocycles. The molecule has 0 N–H and O–H groups in total. The second-order valence-corrected chi connectivity index (χ2v) is 4.49. The average Bonchev–Trinajstić information content (AvgIpc) is 2.39. The summed E-state index contributed by atoms with van der Waals surface area (Å²) in [6.07, 6.45) is 0.705. The Hall–Kier alpha value is -1.84. The first-order valence-corrected chi connectivity index (χ1v) is 6.09. The highest BCUT2D eigenvalue weighted by Crippen LogP contribution is 2.25. The molecule has 0 atom stereocenters. The predicted molar refractivity (Wildman–Crippen MR) is 73.3 cm³/mol. The zero-order valence-corrected chi connectivity index (χ0v) is 11.1. The monoisotopic (exact) mass is 294 g/mol. The Morgan fingerprint density at radius 2 is 1.58 bits per heavy atom. The largest absolute Gasteiger partial charge is 0.423 e. The Kier molecular flexibility index (Phi) is 4.20. The van der Waals surface area contributed by atoms with E-state index in [1.165, 1.54) is 12.1 Å². The van der Waals surface area contributed by atoms with Crippen molar-refractivity contribution >= 4 is 35.5 Å². The number of halogens is 2. The average molecular weight is 295 g/mol. The number of carbonyl (C=O) groups excluding carboxylic acids is 2. The third-order valence-corrected chi connectivity index (χ3v) is 3.02. The van der Waals surface area contributed by atoms with Crippen molar-refractivity contribution in [3.63, 3.8) is 0 Å². The van der Waals surface area contributed by atoms with E-state index in [4.69, 9.17) is 27.9 Å². The third kappa shape index (κ3) is 3.13. The summed E-state index contributed by atoms with van der Waals surface area (Å²) < 4.78 is 5.14. The van der Waals surface area contributed by atoms with Crippen molar-refractivity contribution in [3.8, 4) is 5.75 Å². The van der Waals surface area contributed by atoms with E-state index in [0.717, 1.165) is 0 Å². The quantitative estimate of drug-likeness (QED) is 0.488. The van der Waals surface area contributed by atoms with Crippen LogP contribution in [0.4, 0.5) is 0 Å². The van der Waals surface area contributed by atoms with Crippen LogP contribution < -0.4 is 4.74 Å². The van der Waals surface area contributed by atoms with Gasteiger partial charge in [0.05, 0.1) is 15.6 Å². The zero-order chi connectivity index (χ0) is 13.8. The molecule has 2 rings (SSSR count). The van der Waals surface area contributed by atoms with Crippen LogP contribution in [0.1, 0.15) is 20.7 Å². The van der Waals surface area contributed by atoms with Crippen LogP contribution in [0.3, 0.4) is 0 Å². The number of hydrogen-bond acceptors (Lipinski definition) is 3. The summed E-state index contributed by atoms with van der Waals surface area (Å²) >= 11 is 11.8. The van der Waals surface area contributed by atoms with Gasteiger partial charge in [-0.1, -0.05) is 29.3 Å². The first kappa shape index (κ1) is 13.6. The smallest absolute Gasteiger partial charge is 0.346 e. The molecule has 96 valence electrons. The summed E-state index contributed by atoms with van der Waals surface area (Å²) in [7, 11) is 0. The molecule has 0 saturated carbocycles. The molecule has 0 unspecified atom stereocenters. The minimum Gasteiger partial charge on any atom is -0.423 e. The Balaban J connectivity index is 2.23. The van der Waals surface area contributed by atoms with Crippen LogP contribution >= 0.6 is 23.2 Å². The molecule has 0 spiro atoms. The molecule has 2 aromatic rings. The van der Waals surface area contributed by atoms with Crippen LogP contribution in [0.2, 0.25) is 10.0 Å². The van der Waals surface area contributed by atoms with Gasteiger partial charge in [0.15, 0.2) is 0 Å². The number of rotatable bonds is 3. The summed E-state index contributed by atoms with van der Waals surface area (Å²) in [4.78, 5) is 22.5. The molecule has 0 aromatic heterocycles. The lowest BCUT2D eigenvalue weighted by atomic mass is 10.2. The molecule has 0 aliphatic rings. The van der Waals surface area contributed by atoms with Crippen LogP contribution in [0.25, 0.3) is 0 Å². The minimum absolute atomic E-state index is 0.116. The molecule has 0 radical (unpaired) electrons. The Labute approximate surface area is 119 Å². The minimum atomic E-state index is -0.644. The number of esters is 1. The van der Waals surface area contributed by atoms with Gasteiger partial charge in [0.1, 0.15) is 12.0 Å². The molecule has 0 bridgehead atoms. The molecular formula is C14H8Cl2O3. The fourth-order valence-electron chi connectivity index (χ4n) is 1.47. The molecule has 0 heterocycles. The van der Waals surface area contributed by atoms with Crippen molar-refractivity contribution in [2.24, 2.45) is 0 Å². The fraction of sp³-hybridized carbons (Fsp3) is 0. The Bertz CT molecular complexity index is 601. The maximum absolute atomic E-state index is 11.9. The van der Waals surface area contributed by atoms with Gasteiger partial charge in [-0.25, -0.2) is 4.79 Å². The zero-order valence-electron chi connectivity index (χ0n) is 9.60. The number of hydrogen-bond donors (Lipinski definition) is 0. The Morgan fingerprint density at radius 3 is 2.11 bits per heavy atom. The van der Waals surface area contributed by atoms with E-state index in [1.54, 1.807) is 30.3 Å². The van der Waals surface area contributed by atoms with Crippen LogP contribution in [-0.4, -0.2) is 12.3 Å². The van der Waals surface area contributed by atoms with Crippen molar-refractivity contribution in [1.29, 1.82) is 0 Å². The lowest BCUT2D eigenvalue weighted by Crippen LogP contribution is -2.09. The van der Waals surface area contributed by atoms with E-state index < -0.39 is 5.97 Å². The summed E-state index contributed by atoms with van der Waals surface area (Å²) in [6, 6.07) is 10.9. The number of benzene rings is 2.